The molecule has 4 nitrogen and oxygen atoms in total. The van der Waals surface area contributed by atoms with Crippen molar-refractivity contribution < 1.29 is 8.42 Å². The van der Waals surface area contributed by atoms with Crippen molar-refractivity contribution in [1.82, 2.24) is 4.31 Å². The lowest BCUT2D eigenvalue weighted by molar-refractivity contribution is 0.285. The van der Waals surface area contributed by atoms with Crippen LogP contribution < -0.4 is 0 Å². The average molecular weight is 322 g/mol. The van der Waals surface area contributed by atoms with Crippen LogP contribution in [0.5, 0.6) is 0 Å². The summed E-state index contributed by atoms with van der Waals surface area (Å²) in [5, 5.41) is 8.77. The molecule has 1 rings (SSSR count). The molecule has 0 fully saturated rings. The smallest absolute Gasteiger partial charge is 0.207 e. The van der Waals surface area contributed by atoms with Crippen LogP contribution in [0, 0.1) is 16.7 Å². The summed E-state index contributed by atoms with van der Waals surface area (Å²) < 4.78 is 27.0. The van der Waals surface area contributed by atoms with Crippen molar-refractivity contribution in [3.05, 3.63) is 29.8 Å². The highest BCUT2D eigenvalue weighted by Crippen LogP contribution is 2.23. The third-order valence-electron chi connectivity index (χ3n) is 3.22. The normalized spacial score (nSPS) is 12.4. The molecule has 0 aromatic heterocycles. The summed E-state index contributed by atoms with van der Waals surface area (Å²) in [5.74, 6) is 0. The van der Waals surface area contributed by atoms with Gasteiger partial charge in [0.25, 0.3) is 0 Å². The number of benzene rings is 1. The molecule has 0 unspecified atom stereocenters. The molecule has 0 saturated heterocycles. The Balaban J connectivity index is 3.06. The van der Waals surface area contributed by atoms with Crippen LogP contribution in [0.4, 0.5) is 0 Å². The molecular formula is C17H26N2O2S. The first kappa shape index (κ1) is 18.7. The molecule has 0 aliphatic heterocycles. The van der Waals surface area contributed by atoms with Crippen molar-refractivity contribution in [3.63, 3.8) is 0 Å². The number of sulfonamides is 1. The first-order valence-electron chi connectivity index (χ1n) is 7.67. The monoisotopic (exact) mass is 322 g/mol. The SMILES string of the molecule is CCCc1ccc(S(=O)(=O)N(CCC#N)CC(C)(C)C)cc1. The van der Waals surface area contributed by atoms with Crippen LogP contribution >= 0.6 is 0 Å². The first-order valence-corrected chi connectivity index (χ1v) is 9.11. The molecule has 0 radical (unpaired) electrons. The highest BCUT2D eigenvalue weighted by atomic mass is 32.2. The lowest BCUT2D eigenvalue weighted by Crippen LogP contribution is -2.38. The minimum atomic E-state index is -3.56. The van der Waals surface area contributed by atoms with E-state index in [1.54, 1.807) is 12.1 Å². The van der Waals surface area contributed by atoms with E-state index in [-0.39, 0.29) is 18.4 Å². The highest BCUT2D eigenvalue weighted by Gasteiger charge is 2.28. The molecule has 1 aromatic rings. The maximum Gasteiger partial charge on any atom is 0.243 e. The Morgan fingerprint density at radius 1 is 1.18 bits per heavy atom. The van der Waals surface area contributed by atoms with Crippen molar-refractivity contribution in [2.45, 2.75) is 51.9 Å². The van der Waals surface area contributed by atoms with Gasteiger partial charge in [-0.3, -0.25) is 0 Å². The maximum atomic E-state index is 12.8. The van der Waals surface area contributed by atoms with E-state index in [4.69, 9.17) is 5.26 Å². The fourth-order valence-electron chi connectivity index (χ4n) is 2.25. The van der Waals surface area contributed by atoms with E-state index in [1.807, 2.05) is 39.0 Å². The molecule has 0 atom stereocenters. The van der Waals surface area contributed by atoms with Gasteiger partial charge in [0.1, 0.15) is 0 Å². The van der Waals surface area contributed by atoms with Crippen molar-refractivity contribution in [3.8, 4) is 6.07 Å². The zero-order valence-corrected chi connectivity index (χ0v) is 14.8. The summed E-state index contributed by atoms with van der Waals surface area (Å²) in [6.45, 7) is 8.70. The van der Waals surface area contributed by atoms with Gasteiger partial charge in [-0.1, -0.05) is 46.2 Å². The number of nitriles is 1. The molecule has 22 heavy (non-hydrogen) atoms. The fraction of sp³-hybridized carbons (Fsp3) is 0.588. The largest absolute Gasteiger partial charge is 0.243 e. The zero-order valence-electron chi connectivity index (χ0n) is 14.0. The number of hydrogen-bond acceptors (Lipinski definition) is 3. The molecule has 1 aromatic carbocycles. The molecule has 0 N–H and O–H groups in total. The third-order valence-corrected chi connectivity index (χ3v) is 5.08. The Labute approximate surface area is 134 Å². The van der Waals surface area contributed by atoms with Crippen LogP contribution in [0.15, 0.2) is 29.2 Å². The molecule has 0 heterocycles. The second-order valence-corrected chi connectivity index (χ2v) is 8.64. The van der Waals surface area contributed by atoms with Gasteiger partial charge in [0.2, 0.25) is 10.0 Å². The molecule has 0 spiro atoms. The summed E-state index contributed by atoms with van der Waals surface area (Å²) in [5.41, 5.74) is 0.978. The Kier molecular flexibility index (Phi) is 6.58. The van der Waals surface area contributed by atoms with Gasteiger partial charge in [-0.25, -0.2) is 8.42 Å². The second-order valence-electron chi connectivity index (χ2n) is 6.70. The van der Waals surface area contributed by atoms with E-state index in [2.05, 4.69) is 6.92 Å². The molecular weight excluding hydrogens is 296 g/mol. The van der Waals surface area contributed by atoms with E-state index in [0.717, 1.165) is 18.4 Å². The Morgan fingerprint density at radius 3 is 2.23 bits per heavy atom. The van der Waals surface area contributed by atoms with E-state index >= 15 is 0 Å². The predicted molar refractivity (Wildman–Crippen MR) is 88.9 cm³/mol. The zero-order chi connectivity index (χ0) is 16.8. The predicted octanol–water partition coefficient (Wildman–Crippen LogP) is 3.59. The summed E-state index contributed by atoms with van der Waals surface area (Å²) in [6, 6.07) is 9.11. The Hall–Kier alpha value is -1.38. The average Bonchev–Trinajstić information content (AvgIpc) is 2.43. The summed E-state index contributed by atoms with van der Waals surface area (Å²) >= 11 is 0. The van der Waals surface area contributed by atoms with Gasteiger partial charge in [0.05, 0.1) is 11.0 Å². The van der Waals surface area contributed by atoms with Gasteiger partial charge in [-0.2, -0.15) is 9.57 Å². The van der Waals surface area contributed by atoms with Crippen molar-refractivity contribution >= 4 is 10.0 Å². The standard InChI is InChI=1S/C17H26N2O2S/c1-5-7-15-8-10-16(11-9-15)22(20,21)19(13-6-12-18)14-17(2,3)4/h8-11H,5-7,13-14H2,1-4H3. The van der Waals surface area contributed by atoms with E-state index in [9.17, 15) is 8.42 Å². The molecule has 0 aliphatic carbocycles. The van der Waals surface area contributed by atoms with Crippen LogP contribution in [0.3, 0.4) is 0 Å². The van der Waals surface area contributed by atoms with E-state index in [1.165, 1.54) is 4.31 Å². The fourth-order valence-corrected chi connectivity index (χ4v) is 3.92. The Bertz CT molecular complexity index is 608. The van der Waals surface area contributed by atoms with Gasteiger partial charge in [0.15, 0.2) is 0 Å². The lowest BCUT2D eigenvalue weighted by Gasteiger charge is -2.28. The minimum absolute atomic E-state index is 0.162. The topological polar surface area (TPSA) is 61.2 Å². The van der Waals surface area contributed by atoms with Crippen LogP contribution in [-0.4, -0.2) is 25.8 Å². The van der Waals surface area contributed by atoms with Gasteiger partial charge in [-0.15, -0.1) is 0 Å². The van der Waals surface area contributed by atoms with Crippen molar-refractivity contribution in [2.75, 3.05) is 13.1 Å². The number of nitrogens with zero attached hydrogens (tertiary/aromatic N) is 2. The molecule has 0 amide bonds. The highest BCUT2D eigenvalue weighted by molar-refractivity contribution is 7.89. The maximum absolute atomic E-state index is 12.8. The van der Waals surface area contributed by atoms with Crippen molar-refractivity contribution in [1.29, 1.82) is 5.26 Å². The Morgan fingerprint density at radius 2 is 1.77 bits per heavy atom. The van der Waals surface area contributed by atoms with E-state index in [0.29, 0.717) is 11.4 Å². The quantitative estimate of drug-likeness (QED) is 0.770. The van der Waals surface area contributed by atoms with Gasteiger partial charge in [0, 0.05) is 19.5 Å². The minimum Gasteiger partial charge on any atom is -0.207 e. The van der Waals surface area contributed by atoms with E-state index < -0.39 is 10.0 Å². The molecule has 0 bridgehead atoms. The van der Waals surface area contributed by atoms with Crippen LogP contribution in [-0.2, 0) is 16.4 Å². The lowest BCUT2D eigenvalue weighted by atomic mass is 9.97. The second kappa shape index (κ2) is 7.75. The molecule has 5 heteroatoms. The van der Waals surface area contributed by atoms with Crippen LogP contribution in [0.1, 0.15) is 46.1 Å². The van der Waals surface area contributed by atoms with Gasteiger partial charge in [-0.05, 0) is 29.5 Å². The van der Waals surface area contributed by atoms with Gasteiger partial charge >= 0.3 is 0 Å². The van der Waals surface area contributed by atoms with Gasteiger partial charge < -0.3 is 0 Å². The van der Waals surface area contributed by atoms with Crippen molar-refractivity contribution in [2.24, 2.45) is 5.41 Å². The number of hydrogen-bond donors (Lipinski definition) is 0. The number of aryl methyl sites for hydroxylation is 1. The first-order chi connectivity index (χ1) is 10.2. The number of rotatable bonds is 7. The summed E-state index contributed by atoms with van der Waals surface area (Å²) in [6.07, 6.45) is 2.17. The molecule has 0 saturated carbocycles. The summed E-state index contributed by atoms with van der Waals surface area (Å²) in [7, 11) is -3.56. The third kappa shape index (κ3) is 5.43. The molecule has 122 valence electrons. The summed E-state index contributed by atoms with van der Waals surface area (Å²) in [4.78, 5) is 0.301. The molecule has 0 aliphatic rings. The van der Waals surface area contributed by atoms with Crippen LogP contribution in [0.2, 0.25) is 0 Å². The van der Waals surface area contributed by atoms with Crippen LogP contribution in [0.25, 0.3) is 0 Å².